The summed E-state index contributed by atoms with van der Waals surface area (Å²) in [6.07, 6.45) is 0.957. The number of benzene rings is 1. The maximum absolute atomic E-state index is 11.9. The van der Waals surface area contributed by atoms with Gasteiger partial charge in [-0.05, 0) is 19.4 Å². The number of nitrogens with two attached hydrogens (primary N) is 1. The Morgan fingerprint density at radius 3 is 2.67 bits per heavy atom. The standard InChI is InChI=1S/C14H22N2O2/c1-3-9-16(4-2)14(17)11-18-13-8-6-5-7-12(13)10-15/h5-8H,3-4,9-11,15H2,1-2H3. The van der Waals surface area contributed by atoms with Crippen molar-refractivity contribution >= 4 is 5.91 Å². The molecule has 2 N–H and O–H groups in total. The molecule has 0 saturated carbocycles. The first-order chi connectivity index (χ1) is 8.72. The molecule has 0 heterocycles. The van der Waals surface area contributed by atoms with E-state index >= 15 is 0 Å². The summed E-state index contributed by atoms with van der Waals surface area (Å²) in [5, 5.41) is 0. The second-order valence-corrected chi connectivity index (χ2v) is 4.07. The van der Waals surface area contributed by atoms with Crippen LogP contribution in [0.4, 0.5) is 0 Å². The second-order valence-electron chi connectivity index (χ2n) is 4.07. The van der Waals surface area contributed by atoms with Gasteiger partial charge in [0.2, 0.25) is 0 Å². The molecule has 18 heavy (non-hydrogen) atoms. The van der Waals surface area contributed by atoms with E-state index in [4.69, 9.17) is 10.5 Å². The normalized spacial score (nSPS) is 10.2. The fourth-order valence-corrected chi connectivity index (χ4v) is 1.77. The highest BCUT2D eigenvalue weighted by molar-refractivity contribution is 5.77. The summed E-state index contributed by atoms with van der Waals surface area (Å²) in [7, 11) is 0. The van der Waals surface area contributed by atoms with Crippen molar-refractivity contribution < 1.29 is 9.53 Å². The number of likely N-dealkylation sites (N-methyl/N-ethyl adjacent to an activating group) is 1. The molecule has 0 saturated heterocycles. The Bertz CT molecular complexity index is 380. The molecule has 1 amide bonds. The topological polar surface area (TPSA) is 55.6 Å². The number of nitrogens with zero attached hydrogens (tertiary/aromatic N) is 1. The van der Waals surface area contributed by atoms with Crippen LogP contribution >= 0.6 is 0 Å². The lowest BCUT2D eigenvalue weighted by Crippen LogP contribution is -2.35. The molecule has 0 atom stereocenters. The van der Waals surface area contributed by atoms with Gasteiger partial charge in [-0.3, -0.25) is 4.79 Å². The van der Waals surface area contributed by atoms with Crippen LogP contribution < -0.4 is 10.5 Å². The lowest BCUT2D eigenvalue weighted by Gasteiger charge is -2.20. The van der Waals surface area contributed by atoms with Crippen LogP contribution in [0.25, 0.3) is 0 Å². The average molecular weight is 250 g/mol. The van der Waals surface area contributed by atoms with Crippen molar-refractivity contribution in [3.63, 3.8) is 0 Å². The van der Waals surface area contributed by atoms with Crippen molar-refractivity contribution in [2.24, 2.45) is 5.73 Å². The summed E-state index contributed by atoms with van der Waals surface area (Å²) in [5.74, 6) is 0.715. The lowest BCUT2D eigenvalue weighted by molar-refractivity contribution is -0.133. The predicted octanol–water partition coefficient (Wildman–Crippen LogP) is 1.78. The van der Waals surface area contributed by atoms with Gasteiger partial charge in [-0.15, -0.1) is 0 Å². The monoisotopic (exact) mass is 250 g/mol. The number of amides is 1. The fraction of sp³-hybridized carbons (Fsp3) is 0.500. The number of rotatable bonds is 7. The average Bonchev–Trinajstić information content (AvgIpc) is 2.42. The first kappa shape index (κ1) is 14.5. The molecule has 4 heteroatoms. The van der Waals surface area contributed by atoms with Crippen molar-refractivity contribution in [3.05, 3.63) is 29.8 Å². The van der Waals surface area contributed by atoms with Crippen molar-refractivity contribution in [1.29, 1.82) is 0 Å². The number of ether oxygens (including phenoxy) is 1. The fourth-order valence-electron chi connectivity index (χ4n) is 1.77. The highest BCUT2D eigenvalue weighted by Crippen LogP contribution is 2.16. The molecule has 0 fully saturated rings. The third-order valence-corrected chi connectivity index (χ3v) is 2.77. The van der Waals surface area contributed by atoms with Crippen molar-refractivity contribution in [3.8, 4) is 5.75 Å². The smallest absolute Gasteiger partial charge is 0.260 e. The van der Waals surface area contributed by atoms with Gasteiger partial charge in [0.25, 0.3) is 5.91 Å². The minimum absolute atomic E-state index is 0.0196. The Morgan fingerprint density at radius 1 is 1.33 bits per heavy atom. The summed E-state index contributed by atoms with van der Waals surface area (Å²) in [6.45, 7) is 6.01. The van der Waals surface area contributed by atoms with Crippen LogP contribution in [0.2, 0.25) is 0 Å². The van der Waals surface area contributed by atoms with Crippen LogP contribution in [0.15, 0.2) is 24.3 Å². The van der Waals surface area contributed by atoms with Gasteiger partial charge in [0.05, 0.1) is 0 Å². The van der Waals surface area contributed by atoms with Crippen LogP contribution in [0.5, 0.6) is 5.75 Å². The van der Waals surface area contributed by atoms with Crippen LogP contribution in [0.1, 0.15) is 25.8 Å². The van der Waals surface area contributed by atoms with E-state index in [1.165, 1.54) is 0 Å². The molecule has 100 valence electrons. The Labute approximate surface area is 109 Å². The number of hydrogen-bond acceptors (Lipinski definition) is 3. The van der Waals surface area contributed by atoms with Gasteiger partial charge in [-0.2, -0.15) is 0 Å². The van der Waals surface area contributed by atoms with Crippen LogP contribution in [0.3, 0.4) is 0 Å². The first-order valence-electron chi connectivity index (χ1n) is 6.41. The first-order valence-corrected chi connectivity index (χ1v) is 6.41. The third-order valence-electron chi connectivity index (χ3n) is 2.77. The zero-order valence-corrected chi connectivity index (χ0v) is 11.2. The number of carbonyl (C=O) groups is 1. The molecular formula is C14H22N2O2. The maximum Gasteiger partial charge on any atom is 0.260 e. The van der Waals surface area contributed by atoms with E-state index < -0.39 is 0 Å². The van der Waals surface area contributed by atoms with Gasteiger partial charge in [0.1, 0.15) is 5.75 Å². The van der Waals surface area contributed by atoms with Crippen molar-refractivity contribution in [2.45, 2.75) is 26.8 Å². The zero-order chi connectivity index (χ0) is 13.4. The van der Waals surface area contributed by atoms with E-state index in [1.54, 1.807) is 4.90 Å². The van der Waals surface area contributed by atoms with E-state index in [9.17, 15) is 4.79 Å². The van der Waals surface area contributed by atoms with Gasteiger partial charge >= 0.3 is 0 Å². The van der Waals surface area contributed by atoms with Gasteiger partial charge in [0.15, 0.2) is 6.61 Å². The summed E-state index contributed by atoms with van der Waals surface area (Å²) < 4.78 is 5.55. The molecule has 0 bridgehead atoms. The minimum atomic E-state index is 0.0196. The molecule has 4 nitrogen and oxygen atoms in total. The van der Waals surface area contributed by atoms with Gasteiger partial charge in [-0.1, -0.05) is 25.1 Å². The SMILES string of the molecule is CCCN(CC)C(=O)COc1ccccc1CN. The molecule has 0 aliphatic carbocycles. The van der Waals surface area contributed by atoms with Gasteiger partial charge in [-0.25, -0.2) is 0 Å². The predicted molar refractivity (Wildman–Crippen MR) is 72.4 cm³/mol. The molecule has 0 unspecified atom stereocenters. The van der Waals surface area contributed by atoms with E-state index in [2.05, 4.69) is 6.92 Å². The molecule has 0 spiro atoms. The quantitative estimate of drug-likeness (QED) is 0.802. The third kappa shape index (κ3) is 4.04. The Balaban J connectivity index is 2.56. The zero-order valence-electron chi connectivity index (χ0n) is 11.2. The van der Waals surface area contributed by atoms with Crippen LogP contribution in [-0.2, 0) is 11.3 Å². The summed E-state index contributed by atoms with van der Waals surface area (Å²) in [4.78, 5) is 13.7. The molecule has 1 rings (SSSR count). The van der Waals surface area contributed by atoms with Crippen molar-refractivity contribution in [2.75, 3.05) is 19.7 Å². The summed E-state index contributed by atoms with van der Waals surface area (Å²) >= 11 is 0. The largest absolute Gasteiger partial charge is 0.483 e. The van der Waals surface area contributed by atoms with Gasteiger partial charge < -0.3 is 15.4 Å². The highest BCUT2D eigenvalue weighted by atomic mass is 16.5. The molecule has 0 aliphatic heterocycles. The number of carbonyl (C=O) groups excluding carboxylic acids is 1. The minimum Gasteiger partial charge on any atom is -0.483 e. The van der Waals surface area contributed by atoms with Gasteiger partial charge in [0, 0.05) is 25.2 Å². The summed E-state index contributed by atoms with van der Waals surface area (Å²) in [6, 6.07) is 7.53. The molecule has 0 aliphatic rings. The molecule has 0 aromatic heterocycles. The Morgan fingerprint density at radius 2 is 2.06 bits per heavy atom. The Kier molecular flexibility index (Phi) is 6.22. The summed E-state index contributed by atoms with van der Waals surface area (Å²) in [5.41, 5.74) is 6.54. The van der Waals surface area contributed by atoms with E-state index in [-0.39, 0.29) is 12.5 Å². The number of para-hydroxylation sites is 1. The molecular weight excluding hydrogens is 228 g/mol. The lowest BCUT2D eigenvalue weighted by atomic mass is 10.2. The maximum atomic E-state index is 11.9. The van der Waals surface area contributed by atoms with Crippen LogP contribution in [-0.4, -0.2) is 30.5 Å². The van der Waals surface area contributed by atoms with E-state index in [1.807, 2.05) is 31.2 Å². The van der Waals surface area contributed by atoms with E-state index in [0.717, 1.165) is 18.5 Å². The highest BCUT2D eigenvalue weighted by Gasteiger charge is 2.11. The molecule has 1 aromatic rings. The second kappa shape index (κ2) is 7.71. The van der Waals surface area contributed by atoms with Crippen molar-refractivity contribution in [1.82, 2.24) is 4.90 Å². The Hall–Kier alpha value is -1.55. The molecule has 1 aromatic carbocycles. The van der Waals surface area contributed by atoms with E-state index in [0.29, 0.717) is 18.8 Å². The molecule has 0 radical (unpaired) electrons. The van der Waals surface area contributed by atoms with Crippen LogP contribution in [0, 0.1) is 0 Å². The number of hydrogen-bond donors (Lipinski definition) is 1.